The van der Waals surface area contributed by atoms with Gasteiger partial charge in [-0.05, 0) is 25.3 Å². The van der Waals surface area contributed by atoms with Gasteiger partial charge in [0.2, 0.25) is 5.91 Å². The van der Waals surface area contributed by atoms with E-state index in [4.69, 9.17) is 4.74 Å². The van der Waals surface area contributed by atoms with Crippen LogP contribution >= 0.6 is 22.6 Å². The molecule has 2 aromatic heterocycles. The van der Waals surface area contributed by atoms with Crippen molar-refractivity contribution in [2.75, 3.05) is 38.3 Å². The second kappa shape index (κ2) is 8.61. The summed E-state index contributed by atoms with van der Waals surface area (Å²) in [5.74, 6) is 1.21. The third-order valence-electron chi connectivity index (χ3n) is 6.98. The molecule has 3 heterocycles. The standard InChI is InChI=1S/C22H32IN5O2/c1-4-5-9-30-10-7-18(29)28-13-21(2)11-16(12-22(21,23)14-28)27(3)20-17-6-8-24-19(17)25-15-26-20/h6,8,15-16H,4-5,7,9-14H2,1-3H3,(H,24,25,26)/t16?,21-,22-/m1/s1. The Morgan fingerprint density at radius 1 is 1.37 bits per heavy atom. The molecule has 30 heavy (non-hydrogen) atoms. The van der Waals surface area contributed by atoms with E-state index in [1.54, 1.807) is 6.33 Å². The number of alkyl halides is 1. The third kappa shape index (κ3) is 3.92. The Morgan fingerprint density at radius 2 is 2.20 bits per heavy atom. The summed E-state index contributed by atoms with van der Waals surface area (Å²) in [6, 6.07) is 2.44. The minimum atomic E-state index is 0.0900. The highest BCUT2D eigenvalue weighted by Gasteiger charge is 2.60. The Kier molecular flexibility index (Phi) is 6.25. The molecule has 1 aliphatic heterocycles. The molecular formula is C22H32IN5O2. The van der Waals surface area contributed by atoms with Crippen molar-refractivity contribution in [1.29, 1.82) is 0 Å². The number of unbranched alkanes of at least 4 members (excludes halogenated alkanes) is 1. The molecule has 164 valence electrons. The summed E-state index contributed by atoms with van der Waals surface area (Å²) in [7, 11) is 2.14. The number of H-pyrrole nitrogens is 1. The van der Waals surface area contributed by atoms with Crippen molar-refractivity contribution >= 4 is 45.3 Å². The van der Waals surface area contributed by atoms with Crippen LogP contribution < -0.4 is 4.90 Å². The molecule has 2 aromatic rings. The number of hydrogen-bond donors (Lipinski definition) is 1. The topological polar surface area (TPSA) is 74.3 Å². The Balaban J connectivity index is 1.40. The van der Waals surface area contributed by atoms with Crippen LogP contribution in [0.4, 0.5) is 5.82 Å². The molecule has 1 N–H and O–H groups in total. The number of carbonyl (C=O) groups is 1. The molecule has 3 atom stereocenters. The average Bonchev–Trinajstić information content (AvgIpc) is 3.35. The first-order valence-electron chi connectivity index (χ1n) is 10.9. The summed E-state index contributed by atoms with van der Waals surface area (Å²) in [4.78, 5) is 29.2. The van der Waals surface area contributed by atoms with Gasteiger partial charge >= 0.3 is 0 Å². The highest BCUT2D eigenvalue weighted by atomic mass is 127. The van der Waals surface area contributed by atoms with Gasteiger partial charge in [0.1, 0.15) is 17.8 Å². The fraction of sp³-hybridized carbons (Fsp3) is 0.682. The number of nitrogens with zero attached hydrogens (tertiary/aromatic N) is 4. The van der Waals surface area contributed by atoms with E-state index in [1.807, 2.05) is 12.3 Å². The Morgan fingerprint density at radius 3 is 2.97 bits per heavy atom. The normalized spacial score (nSPS) is 28.3. The second-order valence-electron chi connectivity index (χ2n) is 9.10. The van der Waals surface area contributed by atoms with Gasteiger partial charge in [0.25, 0.3) is 0 Å². The lowest BCUT2D eigenvalue weighted by atomic mass is 9.83. The molecule has 4 rings (SSSR count). The van der Waals surface area contributed by atoms with E-state index < -0.39 is 0 Å². The van der Waals surface area contributed by atoms with Crippen molar-refractivity contribution in [2.24, 2.45) is 5.41 Å². The van der Waals surface area contributed by atoms with Crippen LogP contribution in [0.5, 0.6) is 0 Å². The van der Waals surface area contributed by atoms with Crippen LogP contribution in [-0.2, 0) is 9.53 Å². The number of likely N-dealkylation sites (tertiary alicyclic amines) is 1. The lowest BCUT2D eigenvalue weighted by Crippen LogP contribution is -2.37. The molecule has 2 fully saturated rings. The zero-order chi connectivity index (χ0) is 21.4. The van der Waals surface area contributed by atoms with Crippen molar-refractivity contribution in [3.8, 4) is 0 Å². The molecular weight excluding hydrogens is 493 g/mol. The molecule has 1 unspecified atom stereocenters. The molecule has 7 nitrogen and oxygen atoms in total. The van der Waals surface area contributed by atoms with Crippen LogP contribution in [0.2, 0.25) is 0 Å². The molecule has 0 radical (unpaired) electrons. The van der Waals surface area contributed by atoms with E-state index in [-0.39, 0.29) is 14.7 Å². The summed E-state index contributed by atoms with van der Waals surface area (Å²) in [5.41, 5.74) is 0.980. The molecule has 0 bridgehead atoms. The maximum atomic E-state index is 12.8. The SMILES string of the molecule is CCCCOCCC(=O)N1C[C@@]2(C)CC(N(C)c3ncnc4[nH]ccc34)C[C@@]2(I)C1. The van der Waals surface area contributed by atoms with E-state index in [0.717, 1.165) is 62.2 Å². The molecule has 1 amide bonds. The number of halogens is 1. The van der Waals surface area contributed by atoms with Gasteiger partial charge in [-0.1, -0.05) is 42.9 Å². The van der Waals surface area contributed by atoms with Gasteiger partial charge < -0.3 is 19.5 Å². The smallest absolute Gasteiger partial charge is 0.224 e. The first-order chi connectivity index (χ1) is 14.4. The van der Waals surface area contributed by atoms with Crippen LogP contribution in [0.15, 0.2) is 18.6 Å². The summed E-state index contributed by atoms with van der Waals surface area (Å²) in [5, 5.41) is 1.06. The highest BCUT2D eigenvalue weighted by Crippen LogP contribution is 2.58. The van der Waals surface area contributed by atoms with Crippen LogP contribution in [0.25, 0.3) is 11.0 Å². The number of hydrogen-bond acceptors (Lipinski definition) is 5. The number of amides is 1. The van der Waals surface area contributed by atoms with E-state index in [0.29, 0.717) is 19.1 Å². The molecule has 0 spiro atoms. The zero-order valence-corrected chi connectivity index (χ0v) is 20.3. The van der Waals surface area contributed by atoms with Gasteiger partial charge in [0.05, 0.1) is 18.4 Å². The van der Waals surface area contributed by atoms with Crippen molar-refractivity contribution in [1.82, 2.24) is 19.9 Å². The van der Waals surface area contributed by atoms with E-state index in [9.17, 15) is 4.79 Å². The van der Waals surface area contributed by atoms with Gasteiger partial charge in [-0.3, -0.25) is 4.79 Å². The zero-order valence-electron chi connectivity index (χ0n) is 18.2. The third-order valence-corrected chi connectivity index (χ3v) is 9.06. The quantitative estimate of drug-likeness (QED) is 0.323. The minimum absolute atomic E-state index is 0.0900. The maximum absolute atomic E-state index is 12.8. The Labute approximate surface area is 192 Å². The van der Waals surface area contributed by atoms with E-state index in [1.165, 1.54) is 0 Å². The monoisotopic (exact) mass is 525 g/mol. The molecule has 0 aromatic carbocycles. The Bertz CT molecular complexity index is 885. The number of fused-ring (bicyclic) bond motifs is 2. The van der Waals surface area contributed by atoms with Crippen molar-refractivity contribution in [3.05, 3.63) is 18.6 Å². The highest BCUT2D eigenvalue weighted by molar-refractivity contribution is 14.1. The second-order valence-corrected chi connectivity index (χ2v) is 11.2. The van der Waals surface area contributed by atoms with E-state index >= 15 is 0 Å². The number of carbonyl (C=O) groups excluding carboxylic acids is 1. The van der Waals surface area contributed by atoms with Crippen molar-refractivity contribution in [3.63, 3.8) is 0 Å². The number of aromatic nitrogens is 3. The van der Waals surface area contributed by atoms with Crippen LogP contribution in [0.3, 0.4) is 0 Å². The lowest BCUT2D eigenvalue weighted by molar-refractivity contribution is -0.131. The summed E-state index contributed by atoms with van der Waals surface area (Å²) < 4.78 is 5.69. The molecule has 2 aliphatic rings. The van der Waals surface area contributed by atoms with Gasteiger partial charge in [-0.25, -0.2) is 9.97 Å². The largest absolute Gasteiger partial charge is 0.381 e. The van der Waals surface area contributed by atoms with Gasteiger partial charge in [-0.2, -0.15) is 0 Å². The number of rotatable bonds is 8. The average molecular weight is 525 g/mol. The molecule has 1 aliphatic carbocycles. The lowest BCUT2D eigenvalue weighted by Gasteiger charge is -2.30. The molecule has 8 heteroatoms. The number of aromatic amines is 1. The van der Waals surface area contributed by atoms with Gasteiger partial charge in [0.15, 0.2) is 0 Å². The van der Waals surface area contributed by atoms with Crippen LogP contribution in [0.1, 0.15) is 46.0 Å². The summed E-state index contributed by atoms with van der Waals surface area (Å²) in [6.07, 6.45) is 8.31. The minimum Gasteiger partial charge on any atom is -0.381 e. The predicted octanol–water partition coefficient (Wildman–Crippen LogP) is 3.79. The van der Waals surface area contributed by atoms with E-state index in [2.05, 4.69) is 68.2 Å². The maximum Gasteiger partial charge on any atom is 0.224 e. The first-order valence-corrected chi connectivity index (χ1v) is 12.0. The number of nitrogens with one attached hydrogen (secondary N) is 1. The van der Waals surface area contributed by atoms with Gasteiger partial charge in [-0.15, -0.1) is 0 Å². The molecule has 1 saturated carbocycles. The van der Waals surface area contributed by atoms with Crippen LogP contribution in [-0.4, -0.2) is 68.6 Å². The predicted molar refractivity (Wildman–Crippen MR) is 127 cm³/mol. The first kappa shape index (κ1) is 21.8. The van der Waals surface area contributed by atoms with Gasteiger partial charge in [0, 0.05) is 47.8 Å². The van der Waals surface area contributed by atoms with Crippen LogP contribution in [0, 0.1) is 5.41 Å². The summed E-state index contributed by atoms with van der Waals surface area (Å²) in [6.45, 7) is 7.44. The Hall–Kier alpha value is -1.42. The molecule has 1 saturated heterocycles. The number of anilines is 1. The number of ether oxygens (including phenoxy) is 1. The summed E-state index contributed by atoms with van der Waals surface area (Å²) >= 11 is 2.63. The fourth-order valence-corrected chi connectivity index (χ4v) is 6.38. The van der Waals surface area contributed by atoms with Crippen molar-refractivity contribution in [2.45, 2.75) is 55.4 Å². The van der Waals surface area contributed by atoms with Crippen molar-refractivity contribution < 1.29 is 9.53 Å². The fourth-order valence-electron chi connectivity index (χ4n) is 5.07.